The molecule has 3 saturated carbocycles. The molecule has 1 saturated heterocycles. The van der Waals surface area contributed by atoms with Gasteiger partial charge < -0.3 is 10.0 Å². The van der Waals surface area contributed by atoms with Gasteiger partial charge >= 0.3 is 24.0 Å². The molecule has 262 valence electrons. The van der Waals surface area contributed by atoms with E-state index >= 15 is 4.39 Å². The van der Waals surface area contributed by atoms with Gasteiger partial charge in [0.25, 0.3) is 0 Å². The molecule has 0 spiro atoms. The smallest absolute Gasteiger partial charge is 0.435 e. The highest BCUT2D eigenvalue weighted by Crippen LogP contribution is 2.61. The zero-order chi connectivity index (χ0) is 35.3. The van der Waals surface area contributed by atoms with Gasteiger partial charge in [-0.1, -0.05) is 44.2 Å². The van der Waals surface area contributed by atoms with E-state index in [9.17, 15) is 49.5 Å². The quantitative estimate of drug-likeness (QED) is 0.311. The predicted molar refractivity (Wildman–Crippen MR) is 159 cm³/mol. The molecule has 5 aliphatic rings. The number of alkyl halides is 7. The van der Waals surface area contributed by atoms with E-state index in [0.29, 0.717) is 50.7 Å². The number of carbonyl (C=O) groups is 2. The van der Waals surface area contributed by atoms with Crippen molar-refractivity contribution in [3.63, 3.8) is 0 Å². The first kappa shape index (κ1) is 34.7. The molecule has 7 rings (SSSR count). The van der Waals surface area contributed by atoms with Gasteiger partial charge in [-0.25, -0.2) is 12.8 Å². The predicted octanol–water partition coefficient (Wildman–Crippen LogP) is 7.74. The minimum Gasteiger partial charge on any atom is -0.481 e. The van der Waals surface area contributed by atoms with Crippen LogP contribution in [-0.4, -0.2) is 55.2 Å². The summed E-state index contributed by atoms with van der Waals surface area (Å²) in [6.45, 7) is 3.78. The molecule has 2 aromatic carbocycles. The second kappa shape index (κ2) is 10.9. The molecule has 2 bridgehead atoms. The molecule has 14 heteroatoms. The fraction of sp³-hybridized carbons (Fsp3) is 0.588. The highest BCUT2D eigenvalue weighted by Gasteiger charge is 2.74. The molecule has 1 aliphatic heterocycles. The van der Waals surface area contributed by atoms with Gasteiger partial charge in [0.15, 0.2) is 9.84 Å². The van der Waals surface area contributed by atoms with E-state index in [1.165, 1.54) is 17.0 Å². The molecular weight excluding hydrogens is 667 g/mol. The number of sulfone groups is 1. The molecule has 1 amide bonds. The van der Waals surface area contributed by atoms with Crippen LogP contribution in [-0.2, 0) is 36.3 Å². The number of hydrogen-bond donors (Lipinski definition) is 1. The van der Waals surface area contributed by atoms with E-state index in [1.807, 2.05) is 13.8 Å². The Kier molecular flexibility index (Phi) is 7.89. The molecule has 0 radical (unpaired) electrons. The molecule has 1 heterocycles. The van der Waals surface area contributed by atoms with Crippen molar-refractivity contribution in [3.05, 3.63) is 64.7 Å². The summed E-state index contributed by atoms with van der Waals surface area (Å²) in [5.74, 6) is -1.15. The number of aryl methyl sites for hydroxylation is 1. The fourth-order valence-corrected chi connectivity index (χ4v) is 11.2. The first-order valence-corrected chi connectivity index (χ1v) is 17.5. The average Bonchev–Trinajstić information content (AvgIpc) is 3.45. The van der Waals surface area contributed by atoms with Gasteiger partial charge in [0.1, 0.15) is 4.75 Å². The molecule has 2 unspecified atom stereocenters. The lowest BCUT2D eigenvalue weighted by Gasteiger charge is -2.52. The number of rotatable bonds is 6. The minimum atomic E-state index is -6.34. The average molecular weight is 704 g/mol. The van der Waals surface area contributed by atoms with Crippen LogP contribution >= 0.6 is 0 Å². The van der Waals surface area contributed by atoms with Gasteiger partial charge in [-0.15, -0.1) is 0 Å². The van der Waals surface area contributed by atoms with E-state index in [1.54, 1.807) is 12.1 Å². The Bertz CT molecular complexity index is 1710. The van der Waals surface area contributed by atoms with Crippen LogP contribution in [0.5, 0.6) is 0 Å². The normalized spacial score (nSPS) is 29.1. The van der Waals surface area contributed by atoms with Gasteiger partial charge in [0, 0.05) is 17.5 Å². The Hall–Kier alpha value is -3.16. The molecule has 48 heavy (non-hydrogen) atoms. The SMILES string of the molecule is CC(C)c1ccc(S(=O)(=O)C23CCN(C(=O)C45CCC(C(=O)O)(CC4)CC5)C2CCc2cc(C(F)(C(F)(F)F)C(F)(F)F)ccc23)cc1. The summed E-state index contributed by atoms with van der Waals surface area (Å²) in [5, 5.41) is 9.82. The van der Waals surface area contributed by atoms with Gasteiger partial charge in [-0.2, -0.15) is 26.3 Å². The largest absolute Gasteiger partial charge is 0.481 e. The molecule has 1 N–H and O–H groups in total. The molecule has 2 aromatic rings. The standard InChI is InChI=1S/C34H36F7NO5S/c1-20(2)21-3-7-24(8-4-21)48(46,47)31-17-18-42(27(43)29-11-14-30(15-12-29,16-13-29)28(44)45)26(31)10-5-22-19-23(6-9-25(22)31)32(35,33(36,37)38)34(39,40)41/h3-4,6-9,19-20,26H,5,10-18H2,1-2H3,(H,44,45). The third-order valence-corrected chi connectivity index (χ3v) is 14.4. The molecule has 4 aliphatic carbocycles. The Morgan fingerprint density at radius 3 is 1.88 bits per heavy atom. The number of amides is 1. The molecule has 2 atom stereocenters. The van der Waals surface area contributed by atoms with Crippen LogP contribution in [0.3, 0.4) is 0 Å². The Morgan fingerprint density at radius 1 is 0.833 bits per heavy atom. The number of benzene rings is 2. The van der Waals surface area contributed by atoms with E-state index in [0.717, 1.165) is 11.6 Å². The summed E-state index contributed by atoms with van der Waals surface area (Å²) in [7, 11) is -4.47. The van der Waals surface area contributed by atoms with Crippen molar-refractivity contribution >= 4 is 21.7 Å². The zero-order valence-corrected chi connectivity index (χ0v) is 27.2. The first-order valence-electron chi connectivity index (χ1n) is 16.0. The van der Waals surface area contributed by atoms with Gasteiger partial charge in [-0.3, -0.25) is 9.59 Å². The summed E-state index contributed by atoms with van der Waals surface area (Å²) in [6.07, 6.45) is -11.3. The topological polar surface area (TPSA) is 91.8 Å². The van der Waals surface area contributed by atoms with Crippen LogP contribution < -0.4 is 0 Å². The lowest BCUT2D eigenvalue weighted by Crippen LogP contribution is -2.57. The number of hydrogen-bond acceptors (Lipinski definition) is 4. The van der Waals surface area contributed by atoms with Crippen molar-refractivity contribution in [2.24, 2.45) is 10.8 Å². The maximum absolute atomic E-state index is 15.2. The van der Waals surface area contributed by atoms with Crippen molar-refractivity contribution in [1.29, 1.82) is 0 Å². The van der Waals surface area contributed by atoms with Crippen LogP contribution in [0.4, 0.5) is 30.7 Å². The van der Waals surface area contributed by atoms with Crippen LogP contribution in [0.15, 0.2) is 47.4 Å². The Morgan fingerprint density at radius 2 is 1.38 bits per heavy atom. The van der Waals surface area contributed by atoms with E-state index < -0.39 is 61.0 Å². The molecule has 6 nitrogen and oxygen atoms in total. The summed E-state index contributed by atoms with van der Waals surface area (Å²) in [4.78, 5) is 27.8. The van der Waals surface area contributed by atoms with Crippen LogP contribution in [0.2, 0.25) is 0 Å². The first-order chi connectivity index (χ1) is 22.2. The summed E-state index contributed by atoms with van der Waals surface area (Å²) >= 11 is 0. The molecular formula is C34H36F7NO5S. The second-order valence-corrected chi connectivity index (χ2v) is 16.5. The maximum Gasteiger partial charge on any atom is 0.435 e. The van der Waals surface area contributed by atoms with E-state index in [4.69, 9.17) is 0 Å². The van der Waals surface area contributed by atoms with Crippen LogP contribution in [0.25, 0.3) is 0 Å². The highest BCUT2D eigenvalue weighted by molar-refractivity contribution is 7.92. The number of carbonyl (C=O) groups excluding carboxylic acids is 1. The monoisotopic (exact) mass is 703 g/mol. The maximum atomic E-state index is 15.2. The van der Waals surface area contributed by atoms with E-state index in [-0.39, 0.29) is 53.7 Å². The number of fused-ring (bicyclic) bond motifs is 6. The number of aliphatic carboxylic acids is 1. The fourth-order valence-electron chi connectivity index (χ4n) is 8.85. The van der Waals surface area contributed by atoms with Crippen molar-refractivity contribution in [2.75, 3.05) is 6.54 Å². The molecule has 4 fully saturated rings. The zero-order valence-electron chi connectivity index (χ0n) is 26.3. The molecule has 0 aromatic heterocycles. The number of likely N-dealkylation sites (tertiary alicyclic amines) is 1. The lowest BCUT2D eigenvalue weighted by molar-refractivity contribution is -0.348. The van der Waals surface area contributed by atoms with Crippen molar-refractivity contribution in [3.8, 4) is 0 Å². The summed E-state index contributed by atoms with van der Waals surface area (Å²) in [6, 6.07) is 6.77. The van der Waals surface area contributed by atoms with Crippen molar-refractivity contribution in [1.82, 2.24) is 4.90 Å². The van der Waals surface area contributed by atoms with Gasteiger partial charge in [-0.05, 0) is 92.5 Å². The van der Waals surface area contributed by atoms with Crippen LogP contribution in [0, 0.1) is 10.8 Å². The van der Waals surface area contributed by atoms with Crippen molar-refractivity contribution < 1.29 is 53.8 Å². The number of carboxylic acid groups (broad SMARTS) is 1. The third-order valence-electron chi connectivity index (χ3n) is 11.8. The minimum absolute atomic E-state index is 0.0437. The number of carboxylic acids is 1. The number of nitrogens with zero attached hydrogens (tertiary/aromatic N) is 1. The summed E-state index contributed by atoms with van der Waals surface area (Å²) in [5.41, 5.74) is -8.54. The highest BCUT2D eigenvalue weighted by atomic mass is 32.2. The number of halogens is 7. The van der Waals surface area contributed by atoms with E-state index in [2.05, 4.69) is 0 Å². The van der Waals surface area contributed by atoms with Crippen LogP contribution in [0.1, 0.15) is 93.4 Å². The van der Waals surface area contributed by atoms with Gasteiger partial charge in [0.05, 0.1) is 16.4 Å². The summed E-state index contributed by atoms with van der Waals surface area (Å²) < 4.78 is 125. The van der Waals surface area contributed by atoms with Gasteiger partial charge in [0.2, 0.25) is 5.91 Å². The second-order valence-electron chi connectivity index (χ2n) is 14.3. The Balaban J connectivity index is 1.47. The van der Waals surface area contributed by atoms with Crippen molar-refractivity contribution in [2.45, 2.75) is 111 Å². The third kappa shape index (κ3) is 4.66. The lowest BCUT2D eigenvalue weighted by atomic mass is 9.53. The Labute approximate surface area is 273 Å².